The fraction of sp³-hybridized carbons (Fsp3) is 0.286. The van der Waals surface area contributed by atoms with Crippen molar-refractivity contribution in [3.8, 4) is 0 Å². The molecule has 1 aromatic heterocycles. The molecule has 0 bridgehead atoms. The van der Waals surface area contributed by atoms with Gasteiger partial charge in [0.1, 0.15) is 5.82 Å². The molecule has 0 saturated heterocycles. The molecular weight excluding hydrogens is 381 g/mol. The minimum atomic E-state index is -1.08. The number of amides is 1. The van der Waals surface area contributed by atoms with Crippen LogP contribution in [0.5, 0.6) is 0 Å². The predicted octanol–water partition coefficient (Wildman–Crippen LogP) is 3.29. The van der Waals surface area contributed by atoms with Gasteiger partial charge in [0, 0.05) is 31.1 Å². The van der Waals surface area contributed by atoms with Crippen LogP contribution in [-0.4, -0.2) is 47.9 Å². The molecule has 0 atom stereocenters. The maximum Gasteiger partial charge on any atom is 0.373 e. The lowest BCUT2D eigenvalue weighted by Crippen LogP contribution is -2.30. The van der Waals surface area contributed by atoms with Gasteiger partial charge in [-0.3, -0.25) is 9.59 Å². The van der Waals surface area contributed by atoms with Gasteiger partial charge in [-0.1, -0.05) is 12.1 Å². The SMILES string of the molecule is CCN(CC)C(=O)c1cc(Cc2ccc(F)cc2)c(C(=O)C=C(O)C(=O)OC)o1. The number of furan rings is 1. The number of nitrogens with zero attached hydrogens (tertiary/aromatic N) is 1. The van der Waals surface area contributed by atoms with Crippen molar-refractivity contribution in [2.45, 2.75) is 20.3 Å². The van der Waals surface area contributed by atoms with Crippen molar-refractivity contribution in [2.75, 3.05) is 20.2 Å². The van der Waals surface area contributed by atoms with E-state index in [1.807, 2.05) is 13.8 Å². The van der Waals surface area contributed by atoms with E-state index in [1.165, 1.54) is 23.1 Å². The number of rotatable bonds is 8. The number of benzene rings is 1. The van der Waals surface area contributed by atoms with E-state index in [1.54, 1.807) is 12.1 Å². The Morgan fingerprint density at radius 3 is 2.34 bits per heavy atom. The summed E-state index contributed by atoms with van der Waals surface area (Å²) in [6.07, 6.45) is 0.855. The number of esters is 1. The molecule has 1 N–H and O–H groups in total. The number of aliphatic hydroxyl groups is 1. The van der Waals surface area contributed by atoms with Crippen LogP contribution in [0, 0.1) is 5.82 Å². The molecule has 154 valence electrons. The van der Waals surface area contributed by atoms with E-state index in [9.17, 15) is 23.9 Å². The van der Waals surface area contributed by atoms with E-state index in [4.69, 9.17) is 4.42 Å². The molecule has 1 amide bonds. The second-order valence-electron chi connectivity index (χ2n) is 6.13. The quantitative estimate of drug-likeness (QED) is 0.314. The van der Waals surface area contributed by atoms with E-state index in [0.29, 0.717) is 30.3 Å². The van der Waals surface area contributed by atoms with Crippen molar-refractivity contribution in [1.82, 2.24) is 4.90 Å². The van der Waals surface area contributed by atoms with Crippen molar-refractivity contribution in [3.63, 3.8) is 0 Å². The summed E-state index contributed by atoms with van der Waals surface area (Å²) in [5.41, 5.74) is 1.05. The minimum absolute atomic E-state index is 0.0416. The summed E-state index contributed by atoms with van der Waals surface area (Å²) in [7, 11) is 1.06. The minimum Gasteiger partial charge on any atom is -0.502 e. The van der Waals surface area contributed by atoms with E-state index >= 15 is 0 Å². The third kappa shape index (κ3) is 5.31. The highest BCUT2D eigenvalue weighted by Gasteiger charge is 2.24. The topological polar surface area (TPSA) is 97.1 Å². The van der Waals surface area contributed by atoms with Crippen LogP contribution in [0.25, 0.3) is 0 Å². The Labute approximate surface area is 167 Å². The van der Waals surface area contributed by atoms with Crippen molar-refractivity contribution in [2.24, 2.45) is 0 Å². The van der Waals surface area contributed by atoms with Crippen molar-refractivity contribution in [1.29, 1.82) is 0 Å². The van der Waals surface area contributed by atoms with Gasteiger partial charge in [-0.05, 0) is 37.6 Å². The van der Waals surface area contributed by atoms with Gasteiger partial charge in [0.15, 0.2) is 11.5 Å². The molecule has 0 radical (unpaired) electrons. The molecule has 0 aliphatic carbocycles. The lowest BCUT2D eigenvalue weighted by molar-refractivity contribution is -0.139. The van der Waals surface area contributed by atoms with Crippen molar-refractivity contribution >= 4 is 17.7 Å². The highest BCUT2D eigenvalue weighted by atomic mass is 19.1. The van der Waals surface area contributed by atoms with E-state index in [-0.39, 0.29) is 17.9 Å². The van der Waals surface area contributed by atoms with Crippen LogP contribution in [-0.2, 0) is 16.0 Å². The van der Waals surface area contributed by atoms with Crippen LogP contribution in [0.4, 0.5) is 4.39 Å². The number of allylic oxidation sites excluding steroid dienone is 1. The van der Waals surface area contributed by atoms with Crippen LogP contribution in [0.2, 0.25) is 0 Å². The lowest BCUT2D eigenvalue weighted by atomic mass is 10.0. The molecular formula is C21H22FNO6. The molecule has 2 rings (SSSR count). The number of hydrogen-bond acceptors (Lipinski definition) is 6. The second kappa shape index (κ2) is 9.68. The summed E-state index contributed by atoms with van der Waals surface area (Å²) >= 11 is 0. The normalized spacial score (nSPS) is 11.2. The molecule has 0 saturated carbocycles. The summed E-state index contributed by atoms with van der Waals surface area (Å²) in [4.78, 5) is 38.0. The molecule has 8 heteroatoms. The molecule has 0 unspecified atom stereocenters. The fourth-order valence-corrected chi connectivity index (χ4v) is 2.72. The maximum absolute atomic E-state index is 13.2. The Hall–Kier alpha value is -3.42. The summed E-state index contributed by atoms with van der Waals surface area (Å²) in [6.45, 7) is 4.53. The largest absolute Gasteiger partial charge is 0.502 e. The number of ketones is 1. The standard InChI is InChI=1S/C21H22FNO6/c1-4-23(5-2)20(26)18-11-14(10-13-6-8-15(22)9-7-13)19(29-18)16(24)12-17(25)21(27)28-3/h6-9,11-12,25H,4-5,10H2,1-3H3. The number of carbonyl (C=O) groups is 3. The second-order valence-corrected chi connectivity index (χ2v) is 6.13. The highest BCUT2D eigenvalue weighted by molar-refractivity contribution is 6.08. The Morgan fingerprint density at radius 2 is 1.79 bits per heavy atom. The molecule has 2 aromatic rings. The number of halogens is 1. The van der Waals surface area contributed by atoms with Gasteiger partial charge in [-0.25, -0.2) is 9.18 Å². The molecule has 0 aliphatic heterocycles. The molecule has 29 heavy (non-hydrogen) atoms. The Bertz CT molecular complexity index is 925. The molecule has 0 aliphatic rings. The van der Waals surface area contributed by atoms with Gasteiger partial charge >= 0.3 is 5.97 Å². The van der Waals surface area contributed by atoms with Gasteiger partial charge in [0.25, 0.3) is 5.91 Å². The number of ether oxygens (including phenoxy) is 1. The monoisotopic (exact) mass is 403 g/mol. The molecule has 1 heterocycles. The van der Waals surface area contributed by atoms with Crippen LogP contribution < -0.4 is 0 Å². The Morgan fingerprint density at radius 1 is 1.17 bits per heavy atom. The van der Waals surface area contributed by atoms with Crippen LogP contribution >= 0.6 is 0 Å². The third-order valence-electron chi connectivity index (χ3n) is 4.26. The molecule has 0 fully saturated rings. The first-order chi connectivity index (χ1) is 13.8. The van der Waals surface area contributed by atoms with Crippen molar-refractivity contribution < 1.29 is 33.0 Å². The Balaban J connectivity index is 2.45. The van der Waals surface area contributed by atoms with Gasteiger partial charge < -0.3 is 19.2 Å². The number of carbonyl (C=O) groups excluding carboxylic acids is 3. The smallest absolute Gasteiger partial charge is 0.373 e. The van der Waals surface area contributed by atoms with Gasteiger partial charge in [0.05, 0.1) is 7.11 Å². The number of aliphatic hydroxyl groups excluding tert-OH is 1. The van der Waals surface area contributed by atoms with Gasteiger partial charge in [-0.15, -0.1) is 0 Å². The molecule has 7 nitrogen and oxygen atoms in total. The van der Waals surface area contributed by atoms with Crippen LogP contribution in [0.3, 0.4) is 0 Å². The lowest BCUT2D eigenvalue weighted by Gasteiger charge is -2.16. The van der Waals surface area contributed by atoms with E-state index in [2.05, 4.69) is 4.74 Å². The summed E-state index contributed by atoms with van der Waals surface area (Å²) in [5, 5.41) is 9.65. The number of hydrogen-bond donors (Lipinski definition) is 1. The molecule has 1 aromatic carbocycles. The average Bonchev–Trinajstić information content (AvgIpc) is 3.13. The van der Waals surface area contributed by atoms with E-state index in [0.717, 1.165) is 7.11 Å². The average molecular weight is 403 g/mol. The van der Waals surface area contributed by atoms with Crippen LogP contribution in [0.15, 0.2) is 46.6 Å². The first-order valence-electron chi connectivity index (χ1n) is 9.00. The van der Waals surface area contributed by atoms with E-state index < -0.39 is 29.2 Å². The first-order valence-corrected chi connectivity index (χ1v) is 9.00. The van der Waals surface area contributed by atoms with Gasteiger partial charge in [-0.2, -0.15) is 0 Å². The Kier molecular flexibility index (Phi) is 7.30. The summed E-state index contributed by atoms with van der Waals surface area (Å²) < 4.78 is 23.0. The zero-order valence-corrected chi connectivity index (χ0v) is 16.4. The zero-order valence-electron chi connectivity index (χ0n) is 16.4. The third-order valence-corrected chi connectivity index (χ3v) is 4.26. The number of methoxy groups -OCH3 is 1. The first kappa shape index (κ1) is 21.9. The summed E-state index contributed by atoms with van der Waals surface area (Å²) in [5.74, 6) is -3.80. The predicted molar refractivity (Wildman–Crippen MR) is 102 cm³/mol. The fourth-order valence-electron chi connectivity index (χ4n) is 2.72. The highest BCUT2D eigenvalue weighted by Crippen LogP contribution is 2.22. The molecule has 0 spiro atoms. The zero-order chi connectivity index (χ0) is 21.6. The van der Waals surface area contributed by atoms with Gasteiger partial charge in [0.2, 0.25) is 11.5 Å². The maximum atomic E-state index is 13.2. The van der Waals surface area contributed by atoms with Crippen LogP contribution in [0.1, 0.15) is 46.1 Å². The van der Waals surface area contributed by atoms with Crippen molar-refractivity contribution in [3.05, 3.63) is 70.6 Å². The summed E-state index contributed by atoms with van der Waals surface area (Å²) in [6, 6.07) is 7.10.